The first kappa shape index (κ1) is 16.4. The average Bonchev–Trinajstić information content (AvgIpc) is 2.45. The lowest BCUT2D eigenvalue weighted by Gasteiger charge is -2.16. The first-order valence-corrected chi connectivity index (χ1v) is 7.81. The molecule has 5 nitrogen and oxygen atoms in total. The van der Waals surface area contributed by atoms with E-state index in [1.165, 1.54) is 6.07 Å². The van der Waals surface area contributed by atoms with E-state index in [4.69, 9.17) is 5.11 Å². The Bertz CT molecular complexity index is 465. The first-order valence-electron chi connectivity index (χ1n) is 6.42. The Balaban J connectivity index is 2.48. The van der Waals surface area contributed by atoms with Gasteiger partial charge in [-0.15, -0.1) is 0 Å². The molecule has 0 aliphatic heterocycles. The average molecular weight is 296 g/mol. The Morgan fingerprint density at radius 2 is 2.15 bits per heavy atom. The number of carboxylic acid groups (broad SMARTS) is 1. The molecular formula is C14H20N2O3S. The molecule has 0 spiro atoms. The highest BCUT2D eigenvalue weighted by molar-refractivity contribution is 7.98. The Labute approximate surface area is 123 Å². The molecule has 6 heteroatoms. The van der Waals surface area contributed by atoms with Gasteiger partial charge in [0.2, 0.25) is 0 Å². The SMILES string of the molecule is CCC(CSC)NC(=O)NCc1cccc(C(=O)O)c1. The summed E-state index contributed by atoms with van der Waals surface area (Å²) < 4.78 is 0. The van der Waals surface area contributed by atoms with Crippen molar-refractivity contribution in [2.24, 2.45) is 0 Å². The molecule has 0 radical (unpaired) electrons. The quantitative estimate of drug-likeness (QED) is 0.721. The van der Waals surface area contributed by atoms with Crippen LogP contribution >= 0.6 is 11.8 Å². The molecule has 110 valence electrons. The van der Waals surface area contributed by atoms with Crippen LogP contribution in [-0.4, -0.2) is 35.2 Å². The number of aromatic carboxylic acids is 1. The maximum absolute atomic E-state index is 11.7. The van der Waals surface area contributed by atoms with Crippen LogP contribution in [0.25, 0.3) is 0 Å². The molecule has 1 unspecified atom stereocenters. The summed E-state index contributed by atoms with van der Waals surface area (Å²) >= 11 is 1.69. The number of carboxylic acids is 1. The monoisotopic (exact) mass is 296 g/mol. The maximum Gasteiger partial charge on any atom is 0.335 e. The fourth-order valence-electron chi connectivity index (χ4n) is 1.70. The standard InChI is InChI=1S/C14H20N2O3S/c1-3-12(9-20-2)16-14(19)15-8-10-5-4-6-11(7-10)13(17)18/h4-7,12H,3,8-9H2,1-2H3,(H,17,18)(H2,15,16,19). The van der Waals surface area contributed by atoms with Gasteiger partial charge < -0.3 is 15.7 Å². The number of amides is 2. The lowest BCUT2D eigenvalue weighted by Crippen LogP contribution is -2.42. The van der Waals surface area contributed by atoms with Gasteiger partial charge in [-0.05, 0) is 30.4 Å². The summed E-state index contributed by atoms with van der Waals surface area (Å²) in [5.41, 5.74) is 0.983. The second kappa shape index (κ2) is 8.47. The largest absolute Gasteiger partial charge is 0.478 e. The van der Waals surface area contributed by atoms with E-state index >= 15 is 0 Å². The van der Waals surface area contributed by atoms with Crippen LogP contribution in [-0.2, 0) is 6.54 Å². The third kappa shape index (κ3) is 5.52. The van der Waals surface area contributed by atoms with Crippen molar-refractivity contribution >= 4 is 23.8 Å². The molecule has 20 heavy (non-hydrogen) atoms. The summed E-state index contributed by atoms with van der Waals surface area (Å²) in [6, 6.07) is 6.45. The molecule has 0 aromatic heterocycles. The van der Waals surface area contributed by atoms with Crippen LogP contribution in [0.4, 0.5) is 4.79 Å². The van der Waals surface area contributed by atoms with Gasteiger partial charge in [0.15, 0.2) is 0 Å². The van der Waals surface area contributed by atoms with Gasteiger partial charge in [-0.2, -0.15) is 11.8 Å². The van der Waals surface area contributed by atoms with E-state index in [1.807, 2.05) is 13.2 Å². The van der Waals surface area contributed by atoms with Gasteiger partial charge >= 0.3 is 12.0 Å². The van der Waals surface area contributed by atoms with Crippen LogP contribution in [0.2, 0.25) is 0 Å². The first-order chi connectivity index (χ1) is 9.56. The molecule has 0 saturated carbocycles. The smallest absolute Gasteiger partial charge is 0.335 e. The molecular weight excluding hydrogens is 276 g/mol. The van der Waals surface area contributed by atoms with Gasteiger partial charge in [-0.25, -0.2) is 9.59 Å². The molecule has 1 aromatic carbocycles. The van der Waals surface area contributed by atoms with Crippen LogP contribution in [0, 0.1) is 0 Å². The van der Waals surface area contributed by atoms with E-state index in [1.54, 1.807) is 30.0 Å². The summed E-state index contributed by atoms with van der Waals surface area (Å²) in [6.45, 7) is 2.33. The molecule has 3 N–H and O–H groups in total. The van der Waals surface area contributed by atoms with E-state index in [0.29, 0.717) is 6.54 Å². The van der Waals surface area contributed by atoms with Crippen molar-refractivity contribution < 1.29 is 14.7 Å². The third-order valence-electron chi connectivity index (χ3n) is 2.82. The highest BCUT2D eigenvalue weighted by atomic mass is 32.2. The molecule has 2 amide bonds. The molecule has 0 bridgehead atoms. The van der Waals surface area contributed by atoms with E-state index in [9.17, 15) is 9.59 Å². The number of carbonyl (C=O) groups is 2. The Morgan fingerprint density at radius 3 is 2.75 bits per heavy atom. The number of hydrogen-bond donors (Lipinski definition) is 3. The zero-order chi connectivity index (χ0) is 15.0. The highest BCUT2D eigenvalue weighted by Crippen LogP contribution is 2.05. The molecule has 1 aromatic rings. The third-order valence-corrected chi connectivity index (χ3v) is 3.56. The van der Waals surface area contributed by atoms with Crippen LogP contribution in [0.15, 0.2) is 24.3 Å². The second-order valence-electron chi connectivity index (χ2n) is 4.39. The number of hydrogen-bond acceptors (Lipinski definition) is 3. The van der Waals surface area contributed by atoms with Gasteiger partial charge in [-0.3, -0.25) is 0 Å². The van der Waals surface area contributed by atoms with Gasteiger partial charge in [-0.1, -0.05) is 19.1 Å². The lowest BCUT2D eigenvalue weighted by atomic mass is 10.1. The summed E-state index contributed by atoms with van der Waals surface area (Å²) in [5, 5.41) is 14.5. The number of urea groups is 1. The zero-order valence-electron chi connectivity index (χ0n) is 11.7. The number of benzene rings is 1. The number of nitrogens with one attached hydrogen (secondary N) is 2. The Morgan fingerprint density at radius 1 is 1.40 bits per heavy atom. The van der Waals surface area contributed by atoms with Gasteiger partial charge in [0.1, 0.15) is 0 Å². The van der Waals surface area contributed by atoms with Crippen molar-refractivity contribution in [3.63, 3.8) is 0 Å². The second-order valence-corrected chi connectivity index (χ2v) is 5.30. The van der Waals surface area contributed by atoms with E-state index in [-0.39, 0.29) is 17.6 Å². The van der Waals surface area contributed by atoms with Crippen LogP contribution in [0.5, 0.6) is 0 Å². The van der Waals surface area contributed by atoms with Crippen LogP contribution in [0.3, 0.4) is 0 Å². The van der Waals surface area contributed by atoms with Crippen molar-refractivity contribution in [1.82, 2.24) is 10.6 Å². The molecule has 1 rings (SSSR count). The van der Waals surface area contributed by atoms with Crippen molar-refractivity contribution in [2.45, 2.75) is 25.9 Å². The fourth-order valence-corrected chi connectivity index (χ4v) is 2.42. The molecule has 0 saturated heterocycles. The predicted molar refractivity (Wildman–Crippen MR) is 81.2 cm³/mol. The van der Waals surface area contributed by atoms with Crippen LogP contribution < -0.4 is 10.6 Å². The normalized spacial score (nSPS) is 11.7. The number of carbonyl (C=O) groups excluding carboxylic acids is 1. The highest BCUT2D eigenvalue weighted by Gasteiger charge is 2.09. The minimum atomic E-state index is -0.970. The predicted octanol–water partition coefficient (Wildman–Crippen LogP) is 2.33. The van der Waals surface area contributed by atoms with Crippen LogP contribution in [0.1, 0.15) is 29.3 Å². The molecule has 0 fully saturated rings. The minimum absolute atomic E-state index is 0.148. The minimum Gasteiger partial charge on any atom is -0.478 e. The van der Waals surface area contributed by atoms with Crippen molar-refractivity contribution in [3.05, 3.63) is 35.4 Å². The van der Waals surface area contributed by atoms with Crippen molar-refractivity contribution in [1.29, 1.82) is 0 Å². The topological polar surface area (TPSA) is 78.4 Å². The zero-order valence-corrected chi connectivity index (χ0v) is 12.5. The van der Waals surface area contributed by atoms with E-state index < -0.39 is 5.97 Å². The molecule has 0 heterocycles. The number of rotatable bonds is 7. The lowest BCUT2D eigenvalue weighted by molar-refractivity contribution is 0.0696. The summed E-state index contributed by atoms with van der Waals surface area (Å²) in [4.78, 5) is 22.6. The Kier molecular flexibility index (Phi) is 6.93. The van der Waals surface area contributed by atoms with E-state index in [2.05, 4.69) is 10.6 Å². The maximum atomic E-state index is 11.7. The van der Waals surface area contributed by atoms with Crippen molar-refractivity contribution in [2.75, 3.05) is 12.0 Å². The van der Waals surface area contributed by atoms with E-state index in [0.717, 1.165) is 17.7 Å². The van der Waals surface area contributed by atoms with Gasteiger partial charge in [0.25, 0.3) is 0 Å². The molecule has 0 aliphatic carbocycles. The summed E-state index contributed by atoms with van der Waals surface area (Å²) in [5.74, 6) is -0.0966. The molecule has 0 aliphatic rings. The summed E-state index contributed by atoms with van der Waals surface area (Å²) in [7, 11) is 0. The molecule has 1 atom stereocenters. The van der Waals surface area contributed by atoms with Crippen molar-refractivity contribution in [3.8, 4) is 0 Å². The summed E-state index contributed by atoms with van der Waals surface area (Å²) in [6.07, 6.45) is 2.88. The fraction of sp³-hybridized carbons (Fsp3) is 0.429. The Hall–Kier alpha value is -1.69. The number of thioether (sulfide) groups is 1. The van der Waals surface area contributed by atoms with Gasteiger partial charge in [0.05, 0.1) is 5.56 Å². The van der Waals surface area contributed by atoms with Gasteiger partial charge in [0, 0.05) is 18.3 Å².